The van der Waals surface area contributed by atoms with E-state index in [0.717, 1.165) is 26.6 Å². The molecule has 90 valence electrons. The van der Waals surface area contributed by atoms with Crippen molar-refractivity contribution < 1.29 is 0 Å². The third-order valence-corrected chi connectivity index (χ3v) is 3.74. The minimum Gasteiger partial charge on any atom is -0.398 e. The first-order valence-corrected chi connectivity index (χ1v) is 6.22. The van der Waals surface area contributed by atoms with Gasteiger partial charge in [-0.2, -0.15) is 0 Å². The number of rotatable bonds is 2. The molecule has 0 saturated heterocycles. The van der Waals surface area contributed by atoms with Gasteiger partial charge in [0, 0.05) is 29.2 Å². The van der Waals surface area contributed by atoms with E-state index >= 15 is 0 Å². The maximum absolute atomic E-state index is 5.95. The van der Waals surface area contributed by atoms with Gasteiger partial charge in [0.05, 0.1) is 5.52 Å². The van der Waals surface area contributed by atoms with Crippen LogP contribution in [-0.2, 0) is 7.05 Å². The summed E-state index contributed by atoms with van der Waals surface area (Å²) in [5.74, 6) is 0. The Kier molecular flexibility index (Phi) is 2.64. The van der Waals surface area contributed by atoms with E-state index in [-0.39, 0.29) is 0 Å². The molecule has 0 fully saturated rings. The molecule has 2 N–H and O–H groups in total. The van der Waals surface area contributed by atoms with Gasteiger partial charge in [-0.25, -0.2) is 0 Å². The number of nitrogens with two attached hydrogens (primary N) is 1. The van der Waals surface area contributed by atoms with Crippen molar-refractivity contribution in [3.63, 3.8) is 0 Å². The molecule has 0 spiro atoms. The number of benzene rings is 1. The first kappa shape index (κ1) is 11.0. The number of nitrogen functional groups attached to an aromatic ring is 1. The van der Waals surface area contributed by atoms with Crippen LogP contribution >= 0.6 is 11.8 Å². The summed E-state index contributed by atoms with van der Waals surface area (Å²) in [5.41, 5.74) is 7.58. The number of hydrogen-bond donors (Lipinski definition) is 1. The van der Waals surface area contributed by atoms with Crippen molar-refractivity contribution in [2.45, 2.75) is 10.1 Å². The predicted molar refractivity (Wildman–Crippen MR) is 71.3 cm³/mol. The molecule has 3 rings (SSSR count). The third-order valence-electron chi connectivity index (χ3n) is 2.64. The van der Waals surface area contributed by atoms with Crippen molar-refractivity contribution in [1.29, 1.82) is 0 Å². The van der Waals surface area contributed by atoms with Crippen molar-refractivity contribution >= 4 is 28.4 Å². The predicted octanol–water partition coefficient (Wildman–Crippen LogP) is 2.10. The van der Waals surface area contributed by atoms with E-state index in [1.54, 1.807) is 12.5 Å². The molecule has 0 unspecified atom stereocenters. The highest BCUT2D eigenvalue weighted by Gasteiger charge is 2.09. The van der Waals surface area contributed by atoms with Crippen LogP contribution in [-0.4, -0.2) is 19.7 Å². The van der Waals surface area contributed by atoms with Crippen molar-refractivity contribution in [2.24, 2.45) is 7.05 Å². The zero-order valence-corrected chi connectivity index (χ0v) is 10.6. The molecular weight excluding hydrogens is 246 g/mol. The molecule has 0 bridgehead atoms. The van der Waals surface area contributed by atoms with Crippen LogP contribution in [0.15, 0.2) is 46.8 Å². The average molecular weight is 257 g/mol. The lowest BCUT2D eigenvalue weighted by atomic mass is 10.2. The summed E-state index contributed by atoms with van der Waals surface area (Å²) in [7, 11) is 1.91. The smallest absolute Gasteiger partial charge is 0.195 e. The topological polar surface area (TPSA) is 69.6 Å². The maximum atomic E-state index is 5.95. The standard InChI is InChI=1S/C12H11N5S/c1-17-7-15-16-12(17)18-10-5-4-9(13)8-3-2-6-14-11(8)10/h2-7H,13H2,1H3. The van der Waals surface area contributed by atoms with Gasteiger partial charge in [0.2, 0.25) is 0 Å². The Balaban J connectivity index is 2.13. The number of aromatic nitrogens is 4. The monoisotopic (exact) mass is 257 g/mol. The molecule has 2 heterocycles. The molecular formula is C12H11N5S. The quantitative estimate of drug-likeness (QED) is 0.712. The number of aryl methyl sites for hydroxylation is 1. The van der Waals surface area contributed by atoms with Crippen LogP contribution in [0.3, 0.4) is 0 Å². The van der Waals surface area contributed by atoms with Crippen LogP contribution in [0, 0.1) is 0 Å². The largest absolute Gasteiger partial charge is 0.398 e. The molecule has 1 aromatic carbocycles. The number of nitrogens with zero attached hydrogens (tertiary/aromatic N) is 4. The Hall–Kier alpha value is -2.08. The van der Waals surface area contributed by atoms with Crippen LogP contribution in [0.1, 0.15) is 0 Å². The Morgan fingerprint density at radius 3 is 2.94 bits per heavy atom. The van der Waals surface area contributed by atoms with Gasteiger partial charge in [0.1, 0.15) is 6.33 Å². The fraction of sp³-hybridized carbons (Fsp3) is 0.0833. The maximum Gasteiger partial charge on any atom is 0.195 e. The molecule has 3 aromatic rings. The summed E-state index contributed by atoms with van der Waals surface area (Å²) < 4.78 is 1.87. The second-order valence-corrected chi connectivity index (χ2v) is 4.89. The van der Waals surface area contributed by atoms with Gasteiger partial charge in [0.15, 0.2) is 5.16 Å². The zero-order valence-electron chi connectivity index (χ0n) is 9.74. The number of fused-ring (bicyclic) bond motifs is 1. The Morgan fingerprint density at radius 1 is 1.28 bits per heavy atom. The van der Waals surface area contributed by atoms with Crippen LogP contribution in [0.5, 0.6) is 0 Å². The minimum absolute atomic E-state index is 0.736. The van der Waals surface area contributed by atoms with E-state index in [2.05, 4.69) is 15.2 Å². The van der Waals surface area contributed by atoms with Gasteiger partial charge in [-0.1, -0.05) is 0 Å². The van der Waals surface area contributed by atoms with E-state index in [1.807, 2.05) is 35.9 Å². The SMILES string of the molecule is Cn1cnnc1Sc1ccc(N)c2cccnc12. The second kappa shape index (κ2) is 4.30. The lowest BCUT2D eigenvalue weighted by Gasteiger charge is -2.06. The summed E-state index contributed by atoms with van der Waals surface area (Å²) in [4.78, 5) is 5.42. The highest BCUT2D eigenvalue weighted by Crippen LogP contribution is 2.33. The Bertz CT molecular complexity index is 707. The van der Waals surface area contributed by atoms with E-state index in [4.69, 9.17) is 5.73 Å². The van der Waals surface area contributed by atoms with Gasteiger partial charge in [-0.05, 0) is 36.0 Å². The lowest BCUT2D eigenvalue weighted by Crippen LogP contribution is -1.92. The number of hydrogen-bond acceptors (Lipinski definition) is 5. The zero-order chi connectivity index (χ0) is 12.5. The van der Waals surface area contributed by atoms with Gasteiger partial charge in [0.25, 0.3) is 0 Å². The van der Waals surface area contributed by atoms with Crippen molar-refractivity contribution in [3.05, 3.63) is 36.8 Å². The van der Waals surface area contributed by atoms with Gasteiger partial charge in [-0.15, -0.1) is 10.2 Å². The molecule has 0 saturated carbocycles. The van der Waals surface area contributed by atoms with Gasteiger partial charge in [-0.3, -0.25) is 4.98 Å². The second-order valence-electron chi connectivity index (χ2n) is 3.88. The molecule has 0 aliphatic rings. The molecule has 18 heavy (non-hydrogen) atoms. The fourth-order valence-corrected chi connectivity index (χ4v) is 2.59. The Labute approximate surface area is 108 Å². The van der Waals surface area contributed by atoms with Gasteiger partial charge < -0.3 is 10.3 Å². The highest BCUT2D eigenvalue weighted by molar-refractivity contribution is 7.99. The molecule has 0 amide bonds. The van der Waals surface area contributed by atoms with Crippen LogP contribution in [0.25, 0.3) is 10.9 Å². The molecule has 6 heteroatoms. The summed E-state index contributed by atoms with van der Waals surface area (Å²) >= 11 is 1.53. The third kappa shape index (κ3) is 1.80. The average Bonchev–Trinajstić information content (AvgIpc) is 2.79. The lowest BCUT2D eigenvalue weighted by molar-refractivity contribution is 0.789. The van der Waals surface area contributed by atoms with E-state index < -0.39 is 0 Å². The van der Waals surface area contributed by atoms with Crippen molar-refractivity contribution in [2.75, 3.05) is 5.73 Å². The normalized spacial score (nSPS) is 10.9. The first-order chi connectivity index (χ1) is 8.75. The van der Waals surface area contributed by atoms with Crippen molar-refractivity contribution in [1.82, 2.24) is 19.7 Å². The molecule has 0 aliphatic heterocycles. The van der Waals surface area contributed by atoms with E-state index in [0.29, 0.717) is 0 Å². The summed E-state index contributed by atoms with van der Waals surface area (Å²) in [6.45, 7) is 0. The molecule has 2 aromatic heterocycles. The van der Waals surface area contributed by atoms with Crippen LogP contribution in [0.2, 0.25) is 0 Å². The number of pyridine rings is 1. The molecule has 5 nitrogen and oxygen atoms in total. The van der Waals surface area contributed by atoms with Gasteiger partial charge >= 0.3 is 0 Å². The highest BCUT2D eigenvalue weighted by atomic mass is 32.2. The first-order valence-electron chi connectivity index (χ1n) is 5.41. The molecule has 0 atom stereocenters. The number of anilines is 1. The summed E-state index contributed by atoms with van der Waals surface area (Å²) in [6, 6.07) is 7.71. The Morgan fingerprint density at radius 2 is 2.17 bits per heavy atom. The van der Waals surface area contributed by atoms with Crippen LogP contribution < -0.4 is 5.73 Å². The molecule has 0 radical (unpaired) electrons. The van der Waals surface area contributed by atoms with Crippen molar-refractivity contribution in [3.8, 4) is 0 Å². The van der Waals surface area contributed by atoms with Crippen LogP contribution in [0.4, 0.5) is 5.69 Å². The van der Waals surface area contributed by atoms with E-state index in [9.17, 15) is 0 Å². The minimum atomic E-state index is 0.736. The fourth-order valence-electron chi connectivity index (χ4n) is 1.71. The molecule has 0 aliphatic carbocycles. The van der Waals surface area contributed by atoms with E-state index in [1.165, 1.54) is 11.8 Å². The summed E-state index contributed by atoms with van der Waals surface area (Å²) in [5, 5.41) is 9.71. The summed E-state index contributed by atoms with van der Waals surface area (Å²) in [6.07, 6.45) is 3.44.